The van der Waals surface area contributed by atoms with Gasteiger partial charge in [0.2, 0.25) is 17.7 Å². The lowest BCUT2D eigenvalue weighted by atomic mass is 10.0. The van der Waals surface area contributed by atoms with Gasteiger partial charge in [-0.15, -0.1) is 5.10 Å². The molecule has 1 N–H and O–H groups in total. The quantitative estimate of drug-likeness (QED) is 0.373. The smallest absolute Gasteiger partial charge is 0.247 e. The number of benzene rings is 2. The second-order valence-corrected chi connectivity index (χ2v) is 9.06. The molecule has 12 nitrogen and oxygen atoms in total. The van der Waals surface area contributed by atoms with E-state index in [4.69, 9.17) is 16.9 Å². The summed E-state index contributed by atoms with van der Waals surface area (Å²) >= 11 is 6.22. The average Bonchev–Trinajstić information content (AvgIpc) is 3.49. The highest BCUT2D eigenvalue weighted by Gasteiger charge is 2.39. The molecule has 1 saturated heterocycles. The molecule has 4 aromatic rings. The summed E-state index contributed by atoms with van der Waals surface area (Å²) in [7, 11) is 0. The van der Waals surface area contributed by atoms with Crippen LogP contribution in [0.5, 0.6) is 0 Å². The van der Waals surface area contributed by atoms with Crippen molar-refractivity contribution in [2.75, 3.05) is 23.3 Å². The van der Waals surface area contributed by atoms with Gasteiger partial charge in [-0.1, -0.05) is 41.9 Å². The highest BCUT2D eigenvalue weighted by atomic mass is 35.5. The molecule has 1 unspecified atom stereocenters. The first-order valence-corrected chi connectivity index (χ1v) is 12.1. The highest BCUT2D eigenvalue weighted by Crippen LogP contribution is 2.30. The molecule has 1 fully saturated rings. The lowest BCUT2D eigenvalue weighted by Crippen LogP contribution is -2.60. The Labute approximate surface area is 227 Å². The number of nitrogens with one attached hydrogen (secondary N) is 1. The van der Waals surface area contributed by atoms with Crippen molar-refractivity contribution < 1.29 is 14.4 Å². The van der Waals surface area contributed by atoms with Gasteiger partial charge in [0.05, 0.1) is 23.3 Å². The minimum Gasteiger partial charge on any atom is -0.323 e. The van der Waals surface area contributed by atoms with Crippen molar-refractivity contribution in [2.45, 2.75) is 12.5 Å². The molecule has 1 aliphatic heterocycles. The molecule has 3 amide bonds. The number of piperazine rings is 1. The predicted molar refractivity (Wildman–Crippen MR) is 140 cm³/mol. The molecule has 0 aliphatic carbocycles. The van der Waals surface area contributed by atoms with E-state index >= 15 is 0 Å². The van der Waals surface area contributed by atoms with Crippen LogP contribution in [0.2, 0.25) is 5.02 Å². The highest BCUT2D eigenvalue weighted by molar-refractivity contribution is 6.31. The fraction of sp³-hybridized carbons (Fsp3) is 0.154. The van der Waals surface area contributed by atoms with Gasteiger partial charge >= 0.3 is 0 Å². The van der Waals surface area contributed by atoms with E-state index in [2.05, 4.69) is 25.8 Å². The van der Waals surface area contributed by atoms with Crippen molar-refractivity contribution in [2.24, 2.45) is 0 Å². The summed E-state index contributed by atoms with van der Waals surface area (Å²) < 4.78 is 1.37. The van der Waals surface area contributed by atoms with Gasteiger partial charge in [-0.05, 0) is 46.3 Å². The number of anilines is 2. The molecule has 0 bridgehead atoms. The van der Waals surface area contributed by atoms with Crippen molar-refractivity contribution in [1.29, 1.82) is 5.26 Å². The second-order valence-electron chi connectivity index (χ2n) is 8.63. The van der Waals surface area contributed by atoms with Gasteiger partial charge in [0, 0.05) is 11.4 Å². The van der Waals surface area contributed by atoms with Crippen LogP contribution in [-0.2, 0) is 20.8 Å². The van der Waals surface area contributed by atoms with Gasteiger partial charge in [-0.2, -0.15) is 9.94 Å². The van der Waals surface area contributed by atoms with Crippen LogP contribution >= 0.6 is 11.6 Å². The summed E-state index contributed by atoms with van der Waals surface area (Å²) in [5, 5.41) is 23.2. The average molecular weight is 542 g/mol. The van der Waals surface area contributed by atoms with Crippen LogP contribution in [0.1, 0.15) is 11.3 Å². The number of nitrogens with zero attached hydrogens (tertiary/aromatic N) is 8. The summed E-state index contributed by atoms with van der Waals surface area (Å²) in [5.74, 6) is -1.32. The van der Waals surface area contributed by atoms with E-state index < -0.39 is 23.8 Å². The zero-order chi connectivity index (χ0) is 27.4. The minimum absolute atomic E-state index is 0.183. The molecule has 194 valence electrons. The molecule has 1 aliphatic rings. The van der Waals surface area contributed by atoms with Crippen LogP contribution in [0.3, 0.4) is 0 Å². The maximum absolute atomic E-state index is 13.5. The SMILES string of the molecule is N#Cc1ccc(NC(=O)C(Cc2ccccc2)N2CC(=O)N(c3cc(Cl)ccc3-n3cnnn3)CC2=O)cn1. The Bertz CT molecular complexity index is 1550. The fourth-order valence-electron chi connectivity index (χ4n) is 4.26. The van der Waals surface area contributed by atoms with Crippen LogP contribution < -0.4 is 10.2 Å². The van der Waals surface area contributed by atoms with Crippen LogP contribution in [0.15, 0.2) is 73.2 Å². The molecule has 1 atom stereocenters. The van der Waals surface area contributed by atoms with Gasteiger partial charge in [-0.25, -0.2) is 4.98 Å². The van der Waals surface area contributed by atoms with Crippen LogP contribution in [-0.4, -0.2) is 66.9 Å². The van der Waals surface area contributed by atoms with E-state index in [1.54, 1.807) is 24.3 Å². The van der Waals surface area contributed by atoms with E-state index in [-0.39, 0.29) is 25.2 Å². The van der Waals surface area contributed by atoms with E-state index in [1.165, 1.54) is 33.1 Å². The van der Waals surface area contributed by atoms with Crippen LogP contribution in [0.25, 0.3) is 5.69 Å². The predicted octanol–water partition coefficient (Wildman–Crippen LogP) is 2.01. The number of carbonyl (C=O) groups excluding carboxylic acids is 3. The van der Waals surface area contributed by atoms with Gasteiger partial charge < -0.3 is 10.2 Å². The van der Waals surface area contributed by atoms with E-state index in [9.17, 15) is 14.4 Å². The van der Waals surface area contributed by atoms with Crippen molar-refractivity contribution in [1.82, 2.24) is 30.1 Å². The van der Waals surface area contributed by atoms with E-state index in [0.29, 0.717) is 22.1 Å². The molecule has 2 aromatic heterocycles. The molecular formula is C26H20ClN9O3. The topological polar surface area (TPSA) is 150 Å². The third-order valence-corrected chi connectivity index (χ3v) is 6.38. The molecule has 5 rings (SSSR count). The normalized spacial score (nSPS) is 14.2. The number of nitriles is 1. The summed E-state index contributed by atoms with van der Waals surface area (Å²) in [6.45, 7) is -0.651. The van der Waals surface area contributed by atoms with E-state index in [0.717, 1.165) is 5.56 Å². The largest absolute Gasteiger partial charge is 0.323 e. The Morgan fingerprint density at radius 2 is 1.87 bits per heavy atom. The fourth-order valence-corrected chi connectivity index (χ4v) is 4.42. The zero-order valence-corrected chi connectivity index (χ0v) is 21.1. The van der Waals surface area contributed by atoms with Crippen molar-refractivity contribution in [3.05, 3.63) is 89.5 Å². The molecule has 3 heterocycles. The third kappa shape index (κ3) is 5.58. The Morgan fingerprint density at radius 3 is 2.56 bits per heavy atom. The molecule has 2 aromatic carbocycles. The lowest BCUT2D eigenvalue weighted by molar-refractivity contribution is -0.143. The summed E-state index contributed by atoms with van der Waals surface area (Å²) in [6.07, 6.45) is 2.91. The van der Waals surface area contributed by atoms with Gasteiger partial charge in [-0.3, -0.25) is 19.3 Å². The first kappa shape index (κ1) is 25.5. The van der Waals surface area contributed by atoms with Crippen molar-refractivity contribution >= 4 is 40.7 Å². The Hall–Kier alpha value is -5.15. The number of carbonyl (C=O) groups is 3. The minimum atomic E-state index is -0.986. The van der Waals surface area contributed by atoms with Crippen molar-refractivity contribution in [3.8, 4) is 11.8 Å². The molecule has 0 saturated carbocycles. The summed E-state index contributed by atoms with van der Waals surface area (Å²) in [4.78, 5) is 47.0. The van der Waals surface area contributed by atoms with Crippen LogP contribution in [0.4, 0.5) is 11.4 Å². The molecule has 39 heavy (non-hydrogen) atoms. The number of halogens is 1. The number of aromatic nitrogens is 5. The molecule has 0 spiro atoms. The number of hydrogen-bond acceptors (Lipinski definition) is 8. The first-order chi connectivity index (χ1) is 18.9. The maximum Gasteiger partial charge on any atom is 0.247 e. The van der Waals surface area contributed by atoms with Gasteiger partial charge in [0.1, 0.15) is 37.2 Å². The summed E-state index contributed by atoms with van der Waals surface area (Å²) in [5.41, 5.74) is 2.20. The van der Waals surface area contributed by atoms with Crippen molar-refractivity contribution in [3.63, 3.8) is 0 Å². The summed E-state index contributed by atoms with van der Waals surface area (Å²) in [6, 6.07) is 18.0. The number of hydrogen-bond donors (Lipinski definition) is 1. The Balaban J connectivity index is 1.42. The lowest BCUT2D eigenvalue weighted by Gasteiger charge is -2.38. The first-order valence-electron chi connectivity index (χ1n) is 11.8. The Kier molecular flexibility index (Phi) is 7.24. The van der Waals surface area contributed by atoms with E-state index in [1.807, 2.05) is 36.4 Å². The zero-order valence-electron chi connectivity index (χ0n) is 20.3. The monoisotopic (exact) mass is 541 g/mol. The van der Waals surface area contributed by atoms with Gasteiger partial charge in [0.15, 0.2) is 0 Å². The van der Waals surface area contributed by atoms with Gasteiger partial charge in [0.25, 0.3) is 0 Å². The number of pyridine rings is 1. The Morgan fingerprint density at radius 1 is 1.05 bits per heavy atom. The number of rotatable bonds is 7. The standard InChI is InChI=1S/C26H20ClN9O3/c27-18-6-9-21(36-16-30-32-33-36)22(11-18)34-14-25(38)35(15-24(34)37)23(10-17-4-2-1-3-5-17)26(39)31-20-8-7-19(12-28)29-13-20/h1-9,11,13,16,23H,10,14-15H2,(H,31,39). The third-order valence-electron chi connectivity index (χ3n) is 6.14. The number of tetrazole rings is 1. The number of amides is 3. The van der Waals surface area contributed by atoms with Crippen LogP contribution in [0, 0.1) is 11.3 Å². The maximum atomic E-state index is 13.5. The molecule has 13 heteroatoms. The second kappa shape index (κ2) is 11.1. The molecular weight excluding hydrogens is 522 g/mol. The molecule has 0 radical (unpaired) electrons.